The maximum Gasteiger partial charge on any atom is 0.227 e. The summed E-state index contributed by atoms with van der Waals surface area (Å²) in [7, 11) is 0. The van der Waals surface area contributed by atoms with E-state index in [1.54, 1.807) is 24.0 Å². The van der Waals surface area contributed by atoms with E-state index in [4.69, 9.17) is 4.52 Å². The van der Waals surface area contributed by atoms with E-state index in [1.165, 1.54) is 6.07 Å². The first-order chi connectivity index (χ1) is 11.5. The van der Waals surface area contributed by atoms with Crippen molar-refractivity contribution in [1.82, 2.24) is 15.0 Å². The van der Waals surface area contributed by atoms with Crippen LogP contribution in [0.1, 0.15) is 30.7 Å². The highest BCUT2D eigenvalue weighted by atomic mass is 19.1. The first-order valence-corrected chi connectivity index (χ1v) is 8.08. The number of aliphatic hydroxyl groups is 1. The van der Waals surface area contributed by atoms with Gasteiger partial charge in [0.1, 0.15) is 5.82 Å². The molecule has 7 heteroatoms. The van der Waals surface area contributed by atoms with Gasteiger partial charge in [0.25, 0.3) is 0 Å². The van der Waals surface area contributed by atoms with Gasteiger partial charge < -0.3 is 14.5 Å². The number of amides is 1. The summed E-state index contributed by atoms with van der Waals surface area (Å²) >= 11 is 0. The molecule has 128 valence electrons. The number of carbonyl (C=O) groups is 1. The fourth-order valence-corrected chi connectivity index (χ4v) is 2.76. The van der Waals surface area contributed by atoms with Gasteiger partial charge in [0.2, 0.25) is 17.6 Å². The zero-order chi connectivity index (χ0) is 17.1. The molecule has 0 aliphatic carbocycles. The molecule has 1 fully saturated rings. The van der Waals surface area contributed by atoms with Gasteiger partial charge in [0, 0.05) is 31.5 Å². The SMILES string of the molecule is Cc1ccc(-c2noc(CCC(=O)N3CCCC(O)C3)n2)cc1F. The fraction of sp³-hybridized carbons (Fsp3) is 0.471. The summed E-state index contributed by atoms with van der Waals surface area (Å²) in [5, 5.41) is 13.5. The van der Waals surface area contributed by atoms with Crippen LogP contribution in [0.15, 0.2) is 22.7 Å². The van der Waals surface area contributed by atoms with E-state index in [2.05, 4.69) is 10.1 Å². The van der Waals surface area contributed by atoms with E-state index >= 15 is 0 Å². The quantitative estimate of drug-likeness (QED) is 0.927. The topological polar surface area (TPSA) is 79.5 Å². The van der Waals surface area contributed by atoms with Crippen molar-refractivity contribution >= 4 is 5.91 Å². The number of halogens is 1. The molecule has 1 aromatic heterocycles. The van der Waals surface area contributed by atoms with Crippen LogP contribution in [0.3, 0.4) is 0 Å². The number of likely N-dealkylation sites (tertiary alicyclic amines) is 1. The summed E-state index contributed by atoms with van der Waals surface area (Å²) in [5.74, 6) is 0.300. The third-order valence-electron chi connectivity index (χ3n) is 4.20. The first-order valence-electron chi connectivity index (χ1n) is 8.08. The van der Waals surface area contributed by atoms with Crippen LogP contribution in [-0.4, -0.2) is 45.2 Å². The number of rotatable bonds is 4. The molecule has 3 rings (SSSR count). The number of carbonyl (C=O) groups excluding carboxylic acids is 1. The standard InChI is InChI=1S/C17H20FN3O3/c1-11-4-5-12(9-14(11)18)17-19-15(24-20-17)6-7-16(23)21-8-2-3-13(22)10-21/h4-5,9,13,22H,2-3,6-8,10H2,1H3. The summed E-state index contributed by atoms with van der Waals surface area (Å²) in [6, 6.07) is 4.75. The minimum absolute atomic E-state index is 0.0325. The van der Waals surface area contributed by atoms with Crippen LogP contribution >= 0.6 is 0 Å². The third-order valence-corrected chi connectivity index (χ3v) is 4.20. The lowest BCUT2D eigenvalue weighted by Gasteiger charge is -2.30. The lowest BCUT2D eigenvalue weighted by molar-refractivity contribution is -0.134. The van der Waals surface area contributed by atoms with Gasteiger partial charge in [-0.2, -0.15) is 4.98 Å². The average Bonchev–Trinajstić information content (AvgIpc) is 3.04. The molecule has 1 amide bonds. The molecule has 0 bridgehead atoms. The first kappa shape index (κ1) is 16.6. The highest BCUT2D eigenvalue weighted by Crippen LogP contribution is 2.19. The van der Waals surface area contributed by atoms with Crippen molar-refractivity contribution in [2.24, 2.45) is 0 Å². The number of piperidine rings is 1. The van der Waals surface area contributed by atoms with Crippen molar-refractivity contribution in [3.8, 4) is 11.4 Å². The van der Waals surface area contributed by atoms with Gasteiger partial charge >= 0.3 is 0 Å². The van der Waals surface area contributed by atoms with E-state index in [1.807, 2.05) is 0 Å². The van der Waals surface area contributed by atoms with Gasteiger partial charge in [-0.15, -0.1) is 0 Å². The summed E-state index contributed by atoms with van der Waals surface area (Å²) in [6.07, 6.45) is 1.69. The molecule has 1 aliphatic rings. The molecule has 2 aromatic rings. The van der Waals surface area contributed by atoms with E-state index < -0.39 is 6.10 Å². The van der Waals surface area contributed by atoms with Gasteiger partial charge in [0.05, 0.1) is 6.10 Å². The van der Waals surface area contributed by atoms with Crippen molar-refractivity contribution in [1.29, 1.82) is 0 Å². The second-order valence-corrected chi connectivity index (χ2v) is 6.11. The molecule has 2 heterocycles. The van der Waals surface area contributed by atoms with E-state index in [9.17, 15) is 14.3 Å². The van der Waals surface area contributed by atoms with Crippen molar-refractivity contribution < 1.29 is 18.8 Å². The largest absolute Gasteiger partial charge is 0.391 e. The van der Waals surface area contributed by atoms with Gasteiger partial charge in [-0.3, -0.25) is 4.79 Å². The van der Waals surface area contributed by atoms with Crippen LogP contribution in [0.4, 0.5) is 4.39 Å². The Kier molecular flexibility index (Phi) is 4.89. The summed E-state index contributed by atoms with van der Waals surface area (Å²) in [4.78, 5) is 18.0. The number of β-amino-alcohol motifs (C(OH)–C–C–N with tert-alkyl or cyclic N) is 1. The number of hydrogen-bond donors (Lipinski definition) is 1. The zero-order valence-electron chi connectivity index (χ0n) is 13.5. The molecule has 1 aliphatic heterocycles. The van der Waals surface area contributed by atoms with E-state index in [0.717, 1.165) is 12.8 Å². The number of aromatic nitrogens is 2. The van der Waals surface area contributed by atoms with Crippen molar-refractivity contribution in [2.45, 2.75) is 38.7 Å². The second kappa shape index (κ2) is 7.09. The molecular formula is C17H20FN3O3. The summed E-state index contributed by atoms with van der Waals surface area (Å²) < 4.78 is 18.8. The lowest BCUT2D eigenvalue weighted by Crippen LogP contribution is -2.42. The Labute approximate surface area is 139 Å². The molecule has 24 heavy (non-hydrogen) atoms. The molecule has 1 saturated heterocycles. The lowest BCUT2D eigenvalue weighted by atomic mass is 10.1. The van der Waals surface area contributed by atoms with E-state index in [0.29, 0.717) is 42.4 Å². The number of aliphatic hydroxyl groups excluding tert-OH is 1. The smallest absolute Gasteiger partial charge is 0.227 e. The Morgan fingerprint density at radius 2 is 2.33 bits per heavy atom. The highest BCUT2D eigenvalue weighted by Gasteiger charge is 2.22. The number of benzene rings is 1. The van der Waals surface area contributed by atoms with Crippen molar-refractivity contribution in [3.05, 3.63) is 35.5 Å². The van der Waals surface area contributed by atoms with Gasteiger partial charge in [-0.1, -0.05) is 17.3 Å². The Balaban J connectivity index is 1.59. The Morgan fingerprint density at radius 1 is 1.50 bits per heavy atom. The Morgan fingerprint density at radius 3 is 3.08 bits per heavy atom. The molecule has 0 spiro atoms. The molecule has 1 unspecified atom stereocenters. The van der Waals surface area contributed by atoms with Crippen molar-refractivity contribution in [2.75, 3.05) is 13.1 Å². The van der Waals surface area contributed by atoms with Crippen LogP contribution in [0, 0.1) is 12.7 Å². The van der Waals surface area contributed by atoms with Crippen LogP contribution in [-0.2, 0) is 11.2 Å². The van der Waals surface area contributed by atoms with Gasteiger partial charge in [-0.05, 0) is 31.4 Å². The predicted molar refractivity (Wildman–Crippen MR) is 84.6 cm³/mol. The molecule has 0 saturated carbocycles. The van der Waals surface area contributed by atoms with Crippen molar-refractivity contribution in [3.63, 3.8) is 0 Å². The van der Waals surface area contributed by atoms with Crippen LogP contribution in [0.2, 0.25) is 0 Å². The number of hydrogen-bond acceptors (Lipinski definition) is 5. The average molecular weight is 333 g/mol. The zero-order valence-corrected chi connectivity index (χ0v) is 13.5. The predicted octanol–water partition coefficient (Wildman–Crippen LogP) is 2.10. The molecule has 1 atom stereocenters. The molecular weight excluding hydrogens is 313 g/mol. The third kappa shape index (κ3) is 3.79. The second-order valence-electron chi connectivity index (χ2n) is 6.11. The van der Waals surface area contributed by atoms with Gasteiger partial charge in [-0.25, -0.2) is 4.39 Å². The monoisotopic (exact) mass is 333 g/mol. The normalized spacial score (nSPS) is 18.0. The summed E-state index contributed by atoms with van der Waals surface area (Å²) in [6.45, 7) is 2.74. The molecule has 0 radical (unpaired) electrons. The maximum atomic E-state index is 13.6. The van der Waals surface area contributed by atoms with Crippen LogP contribution in [0.25, 0.3) is 11.4 Å². The molecule has 1 N–H and O–H groups in total. The minimum Gasteiger partial charge on any atom is -0.391 e. The summed E-state index contributed by atoms with van der Waals surface area (Å²) in [5.41, 5.74) is 1.09. The Hall–Kier alpha value is -2.28. The molecule has 1 aromatic carbocycles. The maximum absolute atomic E-state index is 13.6. The van der Waals surface area contributed by atoms with Crippen LogP contribution in [0.5, 0.6) is 0 Å². The van der Waals surface area contributed by atoms with E-state index in [-0.39, 0.29) is 18.1 Å². The number of aryl methyl sites for hydroxylation is 2. The minimum atomic E-state index is -0.436. The Bertz CT molecular complexity index is 732. The molecule has 6 nitrogen and oxygen atoms in total. The van der Waals surface area contributed by atoms with Gasteiger partial charge in [0.15, 0.2) is 0 Å². The fourth-order valence-electron chi connectivity index (χ4n) is 2.76. The number of nitrogens with zero attached hydrogens (tertiary/aromatic N) is 3. The van der Waals surface area contributed by atoms with Crippen LogP contribution < -0.4 is 0 Å². The highest BCUT2D eigenvalue weighted by molar-refractivity contribution is 5.76.